The molecule has 0 bridgehead atoms. The average molecular weight is 200 g/mol. The summed E-state index contributed by atoms with van der Waals surface area (Å²) in [6, 6.07) is 0. The van der Waals surface area contributed by atoms with Crippen molar-refractivity contribution >= 4 is 0 Å². The molecule has 0 unspecified atom stereocenters. The number of hydrogen-bond donors (Lipinski definition) is 2. The van der Waals surface area contributed by atoms with Crippen LogP contribution in [-0.4, -0.2) is 12.1 Å². The van der Waals surface area contributed by atoms with Crippen LogP contribution in [0, 0.1) is 0 Å². The Balaban J connectivity index is 3.67. The molecule has 0 fully saturated rings. The molecule has 0 aliphatic rings. The Morgan fingerprint density at radius 1 is 0.857 bits per heavy atom. The fourth-order valence-corrected chi connectivity index (χ4v) is 1.78. The summed E-state index contributed by atoms with van der Waals surface area (Å²) < 4.78 is 0. The minimum atomic E-state index is -0.0790. The molecule has 0 saturated heterocycles. The SMILES string of the molecule is CCCCCC(N)(CN)CCCCC. The predicted octanol–water partition coefficient (Wildman–Crippen LogP) is 2.80. The van der Waals surface area contributed by atoms with Crippen molar-refractivity contribution in [2.45, 2.75) is 70.8 Å². The lowest BCUT2D eigenvalue weighted by Crippen LogP contribution is -2.46. The van der Waals surface area contributed by atoms with Gasteiger partial charge in [0.05, 0.1) is 0 Å². The lowest BCUT2D eigenvalue weighted by Gasteiger charge is -2.28. The second-order valence-electron chi connectivity index (χ2n) is 4.48. The van der Waals surface area contributed by atoms with Gasteiger partial charge in [-0.1, -0.05) is 52.4 Å². The van der Waals surface area contributed by atoms with Crippen LogP contribution in [0.5, 0.6) is 0 Å². The van der Waals surface area contributed by atoms with E-state index in [9.17, 15) is 0 Å². The maximum Gasteiger partial charge on any atom is 0.0278 e. The van der Waals surface area contributed by atoms with Crippen LogP contribution < -0.4 is 11.5 Å². The molecule has 14 heavy (non-hydrogen) atoms. The molecular weight excluding hydrogens is 172 g/mol. The van der Waals surface area contributed by atoms with Gasteiger partial charge < -0.3 is 11.5 Å². The summed E-state index contributed by atoms with van der Waals surface area (Å²) in [7, 11) is 0. The van der Waals surface area contributed by atoms with Crippen LogP contribution in [-0.2, 0) is 0 Å². The summed E-state index contributed by atoms with van der Waals surface area (Å²) in [4.78, 5) is 0. The zero-order valence-corrected chi connectivity index (χ0v) is 10.0. The van der Waals surface area contributed by atoms with Gasteiger partial charge in [-0.05, 0) is 12.8 Å². The predicted molar refractivity (Wildman–Crippen MR) is 64.3 cm³/mol. The zero-order valence-electron chi connectivity index (χ0n) is 10.0. The fraction of sp³-hybridized carbons (Fsp3) is 1.00. The van der Waals surface area contributed by atoms with Gasteiger partial charge in [0.15, 0.2) is 0 Å². The van der Waals surface area contributed by atoms with Crippen molar-refractivity contribution in [2.75, 3.05) is 6.54 Å². The van der Waals surface area contributed by atoms with Gasteiger partial charge >= 0.3 is 0 Å². The van der Waals surface area contributed by atoms with Gasteiger partial charge in [-0.15, -0.1) is 0 Å². The third kappa shape index (κ3) is 6.39. The lowest BCUT2D eigenvalue weighted by molar-refractivity contribution is 0.347. The molecule has 0 radical (unpaired) electrons. The van der Waals surface area contributed by atoms with Gasteiger partial charge in [-0.3, -0.25) is 0 Å². The molecule has 4 N–H and O–H groups in total. The summed E-state index contributed by atoms with van der Waals surface area (Å²) in [6.45, 7) is 5.08. The van der Waals surface area contributed by atoms with Gasteiger partial charge in [0.25, 0.3) is 0 Å². The Labute approximate surface area is 89.4 Å². The second-order valence-corrected chi connectivity index (χ2v) is 4.48. The van der Waals surface area contributed by atoms with Crippen molar-refractivity contribution in [3.63, 3.8) is 0 Å². The molecule has 0 rings (SSSR count). The molecule has 0 aromatic carbocycles. The molecule has 0 aliphatic carbocycles. The van der Waals surface area contributed by atoms with E-state index in [0.717, 1.165) is 12.8 Å². The number of rotatable bonds is 9. The van der Waals surface area contributed by atoms with E-state index in [2.05, 4.69) is 13.8 Å². The summed E-state index contributed by atoms with van der Waals surface area (Å²) in [5.41, 5.74) is 11.9. The highest BCUT2D eigenvalue weighted by Crippen LogP contribution is 2.18. The van der Waals surface area contributed by atoms with Crippen molar-refractivity contribution in [3.8, 4) is 0 Å². The highest BCUT2D eigenvalue weighted by atomic mass is 14.8. The van der Waals surface area contributed by atoms with E-state index < -0.39 is 0 Å². The molecule has 2 heteroatoms. The summed E-state index contributed by atoms with van der Waals surface area (Å²) in [5, 5.41) is 0. The molecule has 0 saturated carbocycles. The first-order valence-electron chi connectivity index (χ1n) is 6.17. The monoisotopic (exact) mass is 200 g/mol. The van der Waals surface area contributed by atoms with Crippen LogP contribution in [0.2, 0.25) is 0 Å². The highest BCUT2D eigenvalue weighted by molar-refractivity contribution is 4.84. The van der Waals surface area contributed by atoms with Crippen LogP contribution in [0.3, 0.4) is 0 Å². The van der Waals surface area contributed by atoms with E-state index in [1.165, 1.54) is 38.5 Å². The molecule has 0 spiro atoms. The quantitative estimate of drug-likeness (QED) is 0.562. The Hall–Kier alpha value is -0.0800. The largest absolute Gasteiger partial charge is 0.329 e. The maximum atomic E-state index is 6.25. The van der Waals surface area contributed by atoms with E-state index >= 15 is 0 Å². The molecule has 0 heterocycles. The highest BCUT2D eigenvalue weighted by Gasteiger charge is 2.21. The van der Waals surface area contributed by atoms with Crippen molar-refractivity contribution < 1.29 is 0 Å². The van der Waals surface area contributed by atoms with E-state index in [0.29, 0.717) is 6.54 Å². The molecule has 0 aliphatic heterocycles. The van der Waals surface area contributed by atoms with Crippen LogP contribution in [0.4, 0.5) is 0 Å². The zero-order chi connectivity index (χ0) is 10.9. The van der Waals surface area contributed by atoms with E-state index in [-0.39, 0.29) is 5.54 Å². The molecule has 86 valence electrons. The lowest BCUT2D eigenvalue weighted by atomic mass is 9.88. The van der Waals surface area contributed by atoms with Gasteiger partial charge in [0, 0.05) is 12.1 Å². The summed E-state index contributed by atoms with van der Waals surface area (Å²) >= 11 is 0. The Morgan fingerprint density at radius 3 is 1.57 bits per heavy atom. The first-order chi connectivity index (χ1) is 6.68. The molecule has 0 atom stereocenters. The third-order valence-corrected chi connectivity index (χ3v) is 2.96. The minimum absolute atomic E-state index is 0.0790. The maximum absolute atomic E-state index is 6.25. The fourth-order valence-electron chi connectivity index (χ4n) is 1.78. The molecule has 2 nitrogen and oxygen atoms in total. The normalized spacial score (nSPS) is 12.0. The Morgan fingerprint density at radius 2 is 1.29 bits per heavy atom. The Kier molecular flexibility index (Phi) is 8.20. The van der Waals surface area contributed by atoms with E-state index in [1.54, 1.807) is 0 Å². The third-order valence-electron chi connectivity index (χ3n) is 2.96. The molecule has 0 aromatic heterocycles. The smallest absolute Gasteiger partial charge is 0.0278 e. The second kappa shape index (κ2) is 8.25. The van der Waals surface area contributed by atoms with E-state index in [4.69, 9.17) is 11.5 Å². The standard InChI is InChI=1S/C12H28N2/c1-3-5-7-9-12(14,11-13)10-8-6-4-2/h3-11,13-14H2,1-2H3. The van der Waals surface area contributed by atoms with Crippen LogP contribution in [0.1, 0.15) is 65.2 Å². The number of hydrogen-bond acceptors (Lipinski definition) is 2. The van der Waals surface area contributed by atoms with Crippen LogP contribution in [0.25, 0.3) is 0 Å². The van der Waals surface area contributed by atoms with Crippen molar-refractivity contribution in [1.82, 2.24) is 0 Å². The molecular formula is C12H28N2. The number of nitrogens with two attached hydrogens (primary N) is 2. The molecule has 0 amide bonds. The van der Waals surface area contributed by atoms with Crippen LogP contribution in [0.15, 0.2) is 0 Å². The van der Waals surface area contributed by atoms with Crippen molar-refractivity contribution in [2.24, 2.45) is 11.5 Å². The van der Waals surface area contributed by atoms with Gasteiger partial charge in [-0.2, -0.15) is 0 Å². The van der Waals surface area contributed by atoms with Gasteiger partial charge in [-0.25, -0.2) is 0 Å². The average Bonchev–Trinajstić information content (AvgIpc) is 2.19. The van der Waals surface area contributed by atoms with E-state index in [1.807, 2.05) is 0 Å². The topological polar surface area (TPSA) is 52.0 Å². The minimum Gasteiger partial charge on any atom is -0.329 e. The first-order valence-corrected chi connectivity index (χ1v) is 6.17. The van der Waals surface area contributed by atoms with Crippen LogP contribution >= 0.6 is 0 Å². The summed E-state index contributed by atoms with van der Waals surface area (Å²) in [5.74, 6) is 0. The van der Waals surface area contributed by atoms with Crippen molar-refractivity contribution in [1.29, 1.82) is 0 Å². The first kappa shape index (κ1) is 13.9. The van der Waals surface area contributed by atoms with Gasteiger partial charge in [0.2, 0.25) is 0 Å². The molecule has 0 aromatic rings. The summed E-state index contributed by atoms with van der Waals surface area (Å²) in [6.07, 6.45) is 9.75. The van der Waals surface area contributed by atoms with Gasteiger partial charge in [0.1, 0.15) is 0 Å². The number of unbranched alkanes of at least 4 members (excludes halogenated alkanes) is 4. The Bertz CT molecular complexity index is 113. The van der Waals surface area contributed by atoms with Crippen molar-refractivity contribution in [3.05, 3.63) is 0 Å².